The summed E-state index contributed by atoms with van der Waals surface area (Å²) >= 11 is 0. The molecule has 0 bridgehead atoms. The van der Waals surface area contributed by atoms with Crippen LogP contribution in [-0.4, -0.2) is 51.6 Å². The van der Waals surface area contributed by atoms with Crippen molar-refractivity contribution in [2.45, 2.75) is 25.3 Å². The Hall–Kier alpha value is -2.56. The van der Waals surface area contributed by atoms with E-state index in [1.165, 1.54) is 12.1 Å². The minimum Gasteiger partial charge on any atom is -0.456 e. The van der Waals surface area contributed by atoms with Crippen LogP contribution >= 0.6 is 0 Å². The fraction of sp³-hybridized carbons (Fsp3) is 0.368. The molecule has 1 aromatic carbocycles. The molecule has 0 amide bonds. The van der Waals surface area contributed by atoms with Gasteiger partial charge in [-0.2, -0.15) is 4.72 Å². The van der Waals surface area contributed by atoms with Crippen LogP contribution < -0.4 is 4.72 Å². The summed E-state index contributed by atoms with van der Waals surface area (Å²) in [6, 6.07) is 6.47. The largest absolute Gasteiger partial charge is 0.456 e. The first-order chi connectivity index (χ1) is 13.7. The molecule has 10 heteroatoms. The lowest BCUT2D eigenvalue weighted by molar-refractivity contribution is -0.141. The summed E-state index contributed by atoms with van der Waals surface area (Å²) in [7, 11) is -2.64. The maximum Gasteiger partial charge on any atom is 0.321 e. The average molecular weight is 426 g/mol. The summed E-state index contributed by atoms with van der Waals surface area (Å²) in [5.74, 6) is -2.30. The first-order valence-electron chi connectivity index (χ1n) is 8.76. The maximum atomic E-state index is 13.6. The molecule has 1 heterocycles. The monoisotopic (exact) mass is 426 g/mol. The molecule has 2 aromatic rings. The first kappa shape index (κ1) is 22.7. The molecule has 158 valence electrons. The number of nitrogens with zero attached hydrogens (tertiary/aromatic N) is 1. The van der Waals surface area contributed by atoms with Gasteiger partial charge in [0.15, 0.2) is 6.61 Å². The van der Waals surface area contributed by atoms with Crippen molar-refractivity contribution < 1.29 is 31.9 Å². The molecule has 8 nitrogen and oxygen atoms in total. The fourth-order valence-electron chi connectivity index (χ4n) is 2.78. The molecule has 1 aromatic heterocycles. The summed E-state index contributed by atoms with van der Waals surface area (Å²) in [5.41, 5.74) is 2.01. The van der Waals surface area contributed by atoms with Gasteiger partial charge in [0.05, 0.1) is 6.61 Å². The number of carbonyl (C=O) groups excluding carboxylic acids is 2. The summed E-state index contributed by atoms with van der Waals surface area (Å²) < 4.78 is 51.5. The molecular formula is C19H23FN2O6S. The zero-order valence-electron chi connectivity index (χ0n) is 16.4. The normalized spacial score (nSPS) is 11.4. The second kappa shape index (κ2) is 9.77. The molecule has 0 aliphatic rings. The fourth-order valence-corrected chi connectivity index (χ4v) is 3.83. The molecule has 0 atom stereocenters. The number of methoxy groups -OCH3 is 1. The van der Waals surface area contributed by atoms with Gasteiger partial charge < -0.3 is 14.0 Å². The van der Waals surface area contributed by atoms with Gasteiger partial charge in [-0.05, 0) is 32.0 Å². The van der Waals surface area contributed by atoms with Gasteiger partial charge in [-0.15, -0.1) is 0 Å². The number of ether oxygens (including phenoxy) is 2. The van der Waals surface area contributed by atoms with Gasteiger partial charge in [-0.25, -0.2) is 12.8 Å². The smallest absolute Gasteiger partial charge is 0.321 e. The van der Waals surface area contributed by atoms with Crippen molar-refractivity contribution in [2.75, 3.05) is 26.9 Å². The molecule has 0 saturated carbocycles. The van der Waals surface area contributed by atoms with Gasteiger partial charge in [-0.3, -0.25) is 9.59 Å². The predicted octanol–water partition coefficient (Wildman–Crippen LogP) is 1.59. The highest BCUT2D eigenvalue weighted by Gasteiger charge is 2.21. The Morgan fingerprint density at radius 2 is 1.90 bits per heavy atom. The second-order valence-corrected chi connectivity index (χ2v) is 8.00. The van der Waals surface area contributed by atoms with Crippen LogP contribution in [-0.2, 0) is 30.8 Å². The number of hydrogen-bond donors (Lipinski definition) is 1. The summed E-state index contributed by atoms with van der Waals surface area (Å²) in [4.78, 5) is 23.6. The third-order valence-corrected chi connectivity index (χ3v) is 5.72. The summed E-state index contributed by atoms with van der Waals surface area (Å²) in [6.45, 7) is 3.44. The highest BCUT2D eigenvalue weighted by Crippen LogP contribution is 2.16. The van der Waals surface area contributed by atoms with E-state index in [1.54, 1.807) is 20.1 Å². The number of sulfonamides is 1. The Morgan fingerprint density at radius 3 is 2.55 bits per heavy atom. The standard InChI is InChI=1S/C19H23FN2O6S/c1-13-10-15(14(2)22(13)8-9-27-3)17(23)12-28-19(24)11-21-29(25,26)18-7-5-4-6-16(18)20/h4-7,10,21H,8-9,11-12H2,1-3H3. The lowest BCUT2D eigenvalue weighted by Gasteiger charge is -2.09. The number of aromatic nitrogens is 1. The molecule has 2 rings (SSSR count). The molecule has 0 saturated heterocycles. The minimum atomic E-state index is -4.22. The Labute approximate surface area is 168 Å². The van der Waals surface area contributed by atoms with Crippen molar-refractivity contribution >= 4 is 21.8 Å². The predicted molar refractivity (Wildman–Crippen MR) is 103 cm³/mol. The SMILES string of the molecule is COCCn1c(C)cc(C(=O)COC(=O)CNS(=O)(=O)c2ccccc2F)c1C. The maximum absolute atomic E-state index is 13.6. The van der Waals surface area contributed by atoms with Crippen LogP contribution in [0.5, 0.6) is 0 Å². The Morgan fingerprint density at radius 1 is 1.21 bits per heavy atom. The van der Waals surface area contributed by atoms with E-state index in [9.17, 15) is 22.4 Å². The number of halogens is 1. The number of benzene rings is 1. The van der Waals surface area contributed by atoms with Crippen LogP contribution in [0.3, 0.4) is 0 Å². The molecule has 0 fully saturated rings. The number of rotatable bonds is 10. The van der Waals surface area contributed by atoms with Crippen molar-refractivity contribution in [1.82, 2.24) is 9.29 Å². The van der Waals surface area contributed by atoms with Gasteiger partial charge in [0, 0.05) is 30.6 Å². The van der Waals surface area contributed by atoms with Crippen molar-refractivity contribution in [3.05, 3.63) is 53.1 Å². The van der Waals surface area contributed by atoms with E-state index in [0.29, 0.717) is 18.7 Å². The van der Waals surface area contributed by atoms with Gasteiger partial charge >= 0.3 is 5.97 Å². The van der Waals surface area contributed by atoms with Gasteiger partial charge in [0.2, 0.25) is 15.8 Å². The molecule has 0 aliphatic heterocycles. The van der Waals surface area contributed by atoms with E-state index in [-0.39, 0.29) is 0 Å². The van der Waals surface area contributed by atoms with Gasteiger partial charge in [0.1, 0.15) is 17.3 Å². The summed E-state index contributed by atoms with van der Waals surface area (Å²) in [5, 5.41) is 0. The zero-order valence-corrected chi connectivity index (χ0v) is 17.2. The first-order valence-corrected chi connectivity index (χ1v) is 10.2. The zero-order chi connectivity index (χ0) is 21.6. The number of esters is 1. The quantitative estimate of drug-likeness (QED) is 0.457. The van der Waals surface area contributed by atoms with E-state index < -0.39 is 45.6 Å². The molecule has 29 heavy (non-hydrogen) atoms. The van der Waals surface area contributed by atoms with Crippen LogP contribution in [0.25, 0.3) is 0 Å². The molecule has 0 unspecified atom stereocenters. The highest BCUT2D eigenvalue weighted by molar-refractivity contribution is 7.89. The van der Waals surface area contributed by atoms with Crippen molar-refractivity contribution in [3.8, 4) is 0 Å². The minimum absolute atomic E-state index is 0.410. The lowest BCUT2D eigenvalue weighted by Crippen LogP contribution is -2.32. The lowest BCUT2D eigenvalue weighted by atomic mass is 10.1. The van der Waals surface area contributed by atoms with Gasteiger partial charge in [-0.1, -0.05) is 12.1 Å². The number of nitrogens with one attached hydrogen (secondary N) is 1. The van der Waals surface area contributed by atoms with Crippen LogP contribution in [0.15, 0.2) is 35.2 Å². The number of ketones is 1. The third kappa shape index (κ3) is 5.72. The summed E-state index contributed by atoms with van der Waals surface area (Å²) in [6.07, 6.45) is 0. The molecule has 0 spiro atoms. The van der Waals surface area contributed by atoms with Crippen LogP contribution in [0, 0.1) is 19.7 Å². The topological polar surface area (TPSA) is 104 Å². The number of carbonyl (C=O) groups is 2. The van der Waals surface area contributed by atoms with Crippen molar-refractivity contribution in [1.29, 1.82) is 0 Å². The van der Waals surface area contributed by atoms with E-state index in [2.05, 4.69) is 0 Å². The van der Waals surface area contributed by atoms with E-state index >= 15 is 0 Å². The average Bonchev–Trinajstić information content (AvgIpc) is 2.97. The highest BCUT2D eigenvalue weighted by atomic mass is 32.2. The van der Waals surface area contributed by atoms with Gasteiger partial charge in [0.25, 0.3) is 0 Å². The molecule has 0 radical (unpaired) electrons. The molecular weight excluding hydrogens is 403 g/mol. The van der Waals surface area contributed by atoms with E-state index in [0.717, 1.165) is 23.5 Å². The Kier molecular flexibility index (Phi) is 7.66. The number of aryl methyl sites for hydroxylation is 1. The second-order valence-electron chi connectivity index (χ2n) is 6.27. The number of Topliss-reactive ketones (excluding diaryl/α,β-unsaturated/α-hetero) is 1. The van der Waals surface area contributed by atoms with E-state index in [1.807, 2.05) is 16.2 Å². The Balaban J connectivity index is 1.93. The Bertz CT molecular complexity index is 1000. The van der Waals surface area contributed by atoms with Crippen LogP contribution in [0.1, 0.15) is 21.7 Å². The molecule has 0 aliphatic carbocycles. The van der Waals surface area contributed by atoms with Crippen LogP contribution in [0.4, 0.5) is 4.39 Å². The van der Waals surface area contributed by atoms with E-state index in [4.69, 9.17) is 9.47 Å². The van der Waals surface area contributed by atoms with Crippen molar-refractivity contribution in [3.63, 3.8) is 0 Å². The third-order valence-electron chi connectivity index (χ3n) is 4.29. The number of hydrogen-bond acceptors (Lipinski definition) is 6. The van der Waals surface area contributed by atoms with Crippen LogP contribution in [0.2, 0.25) is 0 Å². The molecule has 1 N–H and O–H groups in total. The van der Waals surface area contributed by atoms with Crippen molar-refractivity contribution in [2.24, 2.45) is 0 Å².